The van der Waals surface area contributed by atoms with Crippen molar-refractivity contribution in [3.63, 3.8) is 0 Å². The molecule has 0 saturated carbocycles. The molecule has 0 aromatic carbocycles. The van der Waals surface area contributed by atoms with Crippen LogP contribution in [0.25, 0.3) is 0 Å². The molecule has 6 nitrogen and oxygen atoms in total. The Morgan fingerprint density at radius 3 is 0.571 bits per heavy atom. The van der Waals surface area contributed by atoms with Gasteiger partial charge in [-0.25, -0.2) is 0 Å². The number of hydrogen-bond acceptors (Lipinski definition) is 3. The van der Waals surface area contributed by atoms with Gasteiger partial charge in [0.2, 0.25) is 0 Å². The third-order valence-electron chi connectivity index (χ3n) is 0. The fraction of sp³-hybridized carbons (Fsp3) is 0. The van der Waals surface area contributed by atoms with Gasteiger partial charge < -0.3 is 33.5 Å². The van der Waals surface area contributed by atoms with Crippen LogP contribution in [0.1, 0.15) is 0 Å². The molecule has 0 fully saturated rings. The summed E-state index contributed by atoms with van der Waals surface area (Å²) in [6.07, 6.45) is 0. The second-order valence-electron chi connectivity index (χ2n) is 0. The van der Waals surface area contributed by atoms with Gasteiger partial charge in [-0.1, -0.05) is 0 Å². The predicted octanol–water partition coefficient (Wildman–Crippen LogP) is -3.05. The molecule has 0 aliphatic carbocycles. The van der Waals surface area contributed by atoms with Gasteiger partial charge in [-0.05, 0) is 0 Å². The standard InChI is InChI=1S/Mg.H3N.5H2O/h;1H3;5*1H2/q+2;;;;;;/p-2. The van der Waals surface area contributed by atoms with E-state index in [9.17, 15) is 0 Å². The van der Waals surface area contributed by atoms with Crippen LogP contribution in [0.3, 0.4) is 0 Å². The molecule has 0 aliphatic heterocycles. The minimum Gasteiger partial charge on any atom is -0.870 e. The second-order valence-corrected chi connectivity index (χ2v) is 0. The van der Waals surface area contributed by atoms with Crippen molar-refractivity contribution < 1.29 is 27.4 Å². The summed E-state index contributed by atoms with van der Waals surface area (Å²) in [7, 11) is 0. The zero-order valence-corrected chi connectivity index (χ0v) is 5.22. The summed E-state index contributed by atoms with van der Waals surface area (Å²) < 4.78 is 0. The first-order chi connectivity index (χ1) is 0. The van der Waals surface area contributed by atoms with Crippen LogP contribution in [0.5, 0.6) is 0 Å². The van der Waals surface area contributed by atoms with Gasteiger partial charge in [0.05, 0.1) is 0 Å². The third-order valence-corrected chi connectivity index (χ3v) is 0. The van der Waals surface area contributed by atoms with Crippen LogP contribution >= 0.6 is 0 Å². The first-order valence-corrected chi connectivity index (χ1v) is 0. The van der Waals surface area contributed by atoms with E-state index in [-0.39, 0.29) is 56.6 Å². The summed E-state index contributed by atoms with van der Waals surface area (Å²) in [5.41, 5.74) is 0. The molecule has 48 valence electrons. The van der Waals surface area contributed by atoms with E-state index in [1.807, 2.05) is 0 Å². The van der Waals surface area contributed by atoms with E-state index in [2.05, 4.69) is 0 Å². The molecule has 11 N–H and O–H groups in total. The maximum atomic E-state index is 0. The van der Waals surface area contributed by atoms with Crippen molar-refractivity contribution in [2.75, 3.05) is 0 Å². The van der Waals surface area contributed by atoms with Crippen molar-refractivity contribution in [1.82, 2.24) is 6.15 Å². The second kappa shape index (κ2) is 720. The third kappa shape index (κ3) is 483. The van der Waals surface area contributed by atoms with Crippen LogP contribution in [0, 0.1) is 0 Å². The largest absolute Gasteiger partial charge is 2.00 e. The monoisotopic (exact) mass is 129 g/mol. The van der Waals surface area contributed by atoms with E-state index in [0.29, 0.717) is 0 Å². The molecule has 0 radical (unpaired) electrons. The quantitative estimate of drug-likeness (QED) is 0.340. The maximum Gasteiger partial charge on any atom is 2.00 e. The van der Waals surface area contributed by atoms with Crippen LogP contribution in [0.2, 0.25) is 0 Å². The molecule has 0 rings (SSSR count). The molecule has 0 aromatic heterocycles. The van der Waals surface area contributed by atoms with Gasteiger partial charge >= 0.3 is 23.1 Å². The van der Waals surface area contributed by atoms with Crippen LogP contribution < -0.4 is 6.15 Å². The van der Waals surface area contributed by atoms with Crippen LogP contribution in [-0.4, -0.2) is 50.4 Å². The fourth-order valence-corrected chi connectivity index (χ4v) is 0. The molecule has 7 heteroatoms. The van der Waals surface area contributed by atoms with Gasteiger partial charge in [-0.2, -0.15) is 0 Å². The molecule has 0 heterocycles. The average molecular weight is 129 g/mol. The van der Waals surface area contributed by atoms with Crippen molar-refractivity contribution in [3.05, 3.63) is 0 Å². The van der Waals surface area contributed by atoms with Crippen LogP contribution in [0.15, 0.2) is 0 Å². The Kier molecular flexibility index (Phi) is 119000. The molecule has 0 unspecified atom stereocenters. The van der Waals surface area contributed by atoms with E-state index in [1.165, 1.54) is 0 Å². The molecule has 0 aromatic rings. The summed E-state index contributed by atoms with van der Waals surface area (Å²) in [4.78, 5) is 0. The predicted molar refractivity (Wildman–Crippen MR) is 25.5 cm³/mol. The van der Waals surface area contributed by atoms with Crippen LogP contribution in [-0.2, 0) is 0 Å². The molecule has 0 atom stereocenters. The Labute approximate surface area is 57.2 Å². The van der Waals surface area contributed by atoms with E-state index in [0.717, 1.165) is 0 Å². The molecule has 7 heavy (non-hydrogen) atoms. The normalized spacial score (nSPS) is 0. The summed E-state index contributed by atoms with van der Waals surface area (Å²) in [5.74, 6) is 0. The minimum absolute atomic E-state index is 0. The SMILES string of the molecule is N.O.O.O.[Mg+2].[OH-].[OH-]. The van der Waals surface area contributed by atoms with Crippen molar-refractivity contribution in [1.29, 1.82) is 0 Å². The summed E-state index contributed by atoms with van der Waals surface area (Å²) in [6.45, 7) is 0. The molecular formula is H11MgNO5. The summed E-state index contributed by atoms with van der Waals surface area (Å²) in [5, 5.41) is 0. The topological polar surface area (TPSA) is 190 Å². The molecule has 0 spiro atoms. The molecule has 0 aliphatic rings. The van der Waals surface area contributed by atoms with Crippen molar-refractivity contribution >= 4 is 23.1 Å². The van der Waals surface area contributed by atoms with Crippen molar-refractivity contribution in [2.24, 2.45) is 0 Å². The molecule has 0 bridgehead atoms. The van der Waals surface area contributed by atoms with E-state index < -0.39 is 0 Å². The zero-order chi connectivity index (χ0) is 0. The Morgan fingerprint density at radius 2 is 0.571 bits per heavy atom. The summed E-state index contributed by atoms with van der Waals surface area (Å²) >= 11 is 0. The molecule has 0 saturated heterocycles. The first kappa shape index (κ1) is 1160. The molecule has 0 amide bonds. The van der Waals surface area contributed by atoms with Gasteiger partial charge in [0, 0.05) is 0 Å². The van der Waals surface area contributed by atoms with Gasteiger partial charge in [0.1, 0.15) is 0 Å². The number of hydrogen-bond donors (Lipinski definition) is 1. The summed E-state index contributed by atoms with van der Waals surface area (Å²) in [6, 6.07) is 0. The first-order valence-electron chi connectivity index (χ1n) is 0. The zero-order valence-electron chi connectivity index (χ0n) is 3.81. The van der Waals surface area contributed by atoms with E-state index >= 15 is 0 Å². The van der Waals surface area contributed by atoms with Crippen molar-refractivity contribution in [3.8, 4) is 0 Å². The van der Waals surface area contributed by atoms with E-state index in [1.54, 1.807) is 0 Å². The smallest absolute Gasteiger partial charge is 0.870 e. The maximum absolute atomic E-state index is 0. The van der Waals surface area contributed by atoms with Gasteiger partial charge in [0.15, 0.2) is 0 Å². The molecular weight excluding hydrogens is 118 g/mol. The van der Waals surface area contributed by atoms with Crippen molar-refractivity contribution in [2.45, 2.75) is 0 Å². The Balaban J connectivity index is 0. The average Bonchev–Trinajstić information content (AvgIpc) is 0. The minimum atomic E-state index is 0. The number of rotatable bonds is 0. The van der Waals surface area contributed by atoms with E-state index in [4.69, 9.17) is 0 Å². The Morgan fingerprint density at radius 1 is 0.571 bits per heavy atom. The van der Waals surface area contributed by atoms with Crippen LogP contribution in [0.4, 0.5) is 0 Å². The Bertz CT molecular complexity index is 8.04. The van der Waals surface area contributed by atoms with Gasteiger partial charge in [-0.3, -0.25) is 0 Å². The van der Waals surface area contributed by atoms with Gasteiger partial charge in [-0.15, -0.1) is 0 Å². The fourth-order valence-electron chi connectivity index (χ4n) is 0. The van der Waals surface area contributed by atoms with Gasteiger partial charge in [0.25, 0.3) is 0 Å². The Hall–Kier alpha value is 0.526.